The third-order valence-corrected chi connectivity index (χ3v) is 8.11. The molecule has 1 amide bonds. The Kier molecular flexibility index (Phi) is 5.10. The van der Waals surface area contributed by atoms with Gasteiger partial charge in [0.25, 0.3) is 5.91 Å². The summed E-state index contributed by atoms with van der Waals surface area (Å²) in [5.41, 5.74) is 0.807. The van der Waals surface area contributed by atoms with Crippen LogP contribution in [-0.4, -0.2) is 36.4 Å². The first-order chi connectivity index (χ1) is 12.9. The van der Waals surface area contributed by atoms with E-state index >= 15 is 0 Å². The number of rotatable bonds is 6. The molecule has 0 saturated heterocycles. The van der Waals surface area contributed by atoms with Crippen molar-refractivity contribution >= 4 is 17.2 Å². The lowest BCUT2D eigenvalue weighted by molar-refractivity contribution is -0.194. The van der Waals surface area contributed by atoms with Crippen molar-refractivity contribution in [2.45, 2.75) is 71.4 Å². The number of aromatic nitrogens is 1. The van der Waals surface area contributed by atoms with Crippen LogP contribution in [0.2, 0.25) is 0 Å². The van der Waals surface area contributed by atoms with Gasteiger partial charge in [0.05, 0.1) is 17.6 Å². The SMILES string of the molecule is CCOC12CC3CC(C1)CC(C(=O)N=c1sc(C)c(C)n1CCOC)(C3)C2. The van der Waals surface area contributed by atoms with E-state index in [0.717, 1.165) is 50.1 Å². The van der Waals surface area contributed by atoms with Crippen molar-refractivity contribution in [1.82, 2.24) is 4.57 Å². The van der Waals surface area contributed by atoms with Gasteiger partial charge in [-0.05, 0) is 71.1 Å². The maximum atomic E-state index is 13.5. The number of hydrogen-bond acceptors (Lipinski definition) is 4. The van der Waals surface area contributed by atoms with Crippen molar-refractivity contribution < 1.29 is 14.3 Å². The maximum absolute atomic E-state index is 13.5. The summed E-state index contributed by atoms with van der Waals surface area (Å²) in [7, 11) is 1.71. The molecule has 1 aromatic rings. The predicted molar refractivity (Wildman–Crippen MR) is 106 cm³/mol. The van der Waals surface area contributed by atoms with Crippen molar-refractivity contribution in [3.63, 3.8) is 0 Å². The standard InChI is InChI=1S/C21H32N2O3S/c1-5-26-21-11-16-8-17(12-21)10-20(9-16,13-21)18(24)22-19-23(6-7-25-4)14(2)15(3)27-19/h16-17H,5-13H2,1-4H3. The van der Waals surface area contributed by atoms with E-state index in [1.54, 1.807) is 18.4 Å². The molecule has 2 unspecified atom stereocenters. The second kappa shape index (κ2) is 7.12. The fraction of sp³-hybridized carbons (Fsp3) is 0.810. The molecule has 0 aliphatic heterocycles. The molecule has 0 aromatic carbocycles. The van der Waals surface area contributed by atoms with Crippen molar-refractivity contribution in [1.29, 1.82) is 0 Å². The van der Waals surface area contributed by atoms with Gasteiger partial charge in [-0.2, -0.15) is 4.99 Å². The Bertz CT molecular complexity index is 780. The van der Waals surface area contributed by atoms with E-state index in [-0.39, 0.29) is 16.9 Å². The van der Waals surface area contributed by atoms with Crippen LogP contribution >= 0.6 is 11.3 Å². The number of carbonyl (C=O) groups is 1. The first-order valence-corrected chi connectivity index (χ1v) is 11.1. The van der Waals surface area contributed by atoms with E-state index in [1.165, 1.54) is 17.0 Å². The third-order valence-electron chi connectivity index (χ3n) is 7.02. The van der Waals surface area contributed by atoms with E-state index < -0.39 is 0 Å². The van der Waals surface area contributed by atoms with E-state index in [0.29, 0.717) is 18.4 Å². The van der Waals surface area contributed by atoms with E-state index in [1.807, 2.05) is 0 Å². The van der Waals surface area contributed by atoms with Gasteiger partial charge in [0.1, 0.15) is 0 Å². The van der Waals surface area contributed by atoms with Crippen LogP contribution in [0.4, 0.5) is 0 Å². The summed E-state index contributed by atoms with van der Waals surface area (Å²) in [6.45, 7) is 8.37. The number of aryl methyl sites for hydroxylation is 1. The van der Waals surface area contributed by atoms with Crippen LogP contribution < -0.4 is 4.80 Å². The first kappa shape index (κ1) is 19.3. The average Bonchev–Trinajstić information content (AvgIpc) is 2.85. The molecule has 4 fully saturated rings. The van der Waals surface area contributed by atoms with Crippen molar-refractivity contribution in [2.75, 3.05) is 20.3 Å². The van der Waals surface area contributed by atoms with Gasteiger partial charge in [0.2, 0.25) is 0 Å². The highest BCUT2D eigenvalue weighted by Gasteiger charge is 2.61. The Morgan fingerprint density at radius 2 is 1.96 bits per heavy atom. The molecule has 0 spiro atoms. The van der Waals surface area contributed by atoms with Crippen LogP contribution in [-0.2, 0) is 20.8 Å². The monoisotopic (exact) mass is 392 g/mol. The number of carbonyl (C=O) groups excluding carboxylic acids is 1. The number of amides is 1. The normalized spacial score (nSPS) is 35.2. The topological polar surface area (TPSA) is 52.8 Å². The molecule has 5 nitrogen and oxygen atoms in total. The molecule has 150 valence electrons. The quantitative estimate of drug-likeness (QED) is 0.743. The molecule has 27 heavy (non-hydrogen) atoms. The van der Waals surface area contributed by atoms with Gasteiger partial charge >= 0.3 is 0 Å². The molecular weight excluding hydrogens is 360 g/mol. The average molecular weight is 393 g/mol. The summed E-state index contributed by atoms with van der Waals surface area (Å²) in [6, 6.07) is 0. The molecule has 1 heterocycles. The van der Waals surface area contributed by atoms with Crippen LogP contribution in [0.5, 0.6) is 0 Å². The van der Waals surface area contributed by atoms with Crippen molar-refractivity contribution in [3.8, 4) is 0 Å². The summed E-state index contributed by atoms with van der Waals surface area (Å²) < 4.78 is 13.6. The van der Waals surface area contributed by atoms with E-state index in [2.05, 4.69) is 25.3 Å². The Morgan fingerprint density at radius 1 is 1.26 bits per heavy atom. The van der Waals surface area contributed by atoms with Gasteiger partial charge in [0, 0.05) is 30.8 Å². The molecule has 4 aliphatic carbocycles. The van der Waals surface area contributed by atoms with Gasteiger partial charge in [-0.1, -0.05) is 0 Å². The maximum Gasteiger partial charge on any atom is 0.254 e. The lowest BCUT2D eigenvalue weighted by Gasteiger charge is -2.60. The minimum absolute atomic E-state index is 0.0721. The third kappa shape index (κ3) is 3.34. The predicted octanol–water partition coefficient (Wildman–Crippen LogP) is 3.62. The summed E-state index contributed by atoms with van der Waals surface area (Å²) in [5, 5.41) is 0. The minimum atomic E-state index is -0.301. The van der Waals surface area contributed by atoms with Crippen LogP contribution in [0.25, 0.3) is 0 Å². The van der Waals surface area contributed by atoms with Crippen LogP contribution in [0.3, 0.4) is 0 Å². The van der Waals surface area contributed by atoms with Gasteiger partial charge in [-0.25, -0.2) is 0 Å². The zero-order chi connectivity index (χ0) is 19.2. The Hall–Kier alpha value is -0.980. The van der Waals surface area contributed by atoms with Gasteiger partial charge < -0.3 is 14.0 Å². The minimum Gasteiger partial charge on any atom is -0.383 e. The molecule has 5 rings (SSSR count). The zero-order valence-electron chi connectivity index (χ0n) is 17.0. The van der Waals surface area contributed by atoms with Gasteiger partial charge in [-0.15, -0.1) is 11.3 Å². The van der Waals surface area contributed by atoms with Crippen LogP contribution in [0.1, 0.15) is 56.0 Å². The molecule has 4 aliphatic rings. The number of methoxy groups -OCH3 is 1. The second-order valence-electron chi connectivity index (χ2n) is 8.95. The smallest absolute Gasteiger partial charge is 0.254 e. The lowest BCUT2D eigenvalue weighted by atomic mass is 9.47. The molecule has 0 radical (unpaired) electrons. The molecule has 1 aromatic heterocycles. The van der Waals surface area contributed by atoms with Crippen LogP contribution in [0.15, 0.2) is 4.99 Å². The molecule has 4 saturated carbocycles. The van der Waals surface area contributed by atoms with Crippen LogP contribution in [0, 0.1) is 31.1 Å². The molecule has 2 atom stereocenters. The first-order valence-electron chi connectivity index (χ1n) is 10.3. The number of hydrogen-bond donors (Lipinski definition) is 0. The summed E-state index contributed by atoms with van der Waals surface area (Å²) in [4.78, 5) is 20.2. The number of nitrogens with zero attached hydrogens (tertiary/aromatic N) is 2. The van der Waals surface area contributed by atoms with E-state index in [4.69, 9.17) is 14.5 Å². The summed E-state index contributed by atoms with van der Waals surface area (Å²) in [6.07, 6.45) is 6.42. The summed E-state index contributed by atoms with van der Waals surface area (Å²) >= 11 is 1.62. The number of thiazole rings is 1. The number of ether oxygens (including phenoxy) is 2. The van der Waals surface area contributed by atoms with Gasteiger partial charge in [-0.3, -0.25) is 4.79 Å². The van der Waals surface area contributed by atoms with Crippen molar-refractivity contribution in [3.05, 3.63) is 15.4 Å². The van der Waals surface area contributed by atoms with Crippen molar-refractivity contribution in [2.24, 2.45) is 22.2 Å². The Balaban J connectivity index is 1.67. The largest absolute Gasteiger partial charge is 0.383 e. The fourth-order valence-corrected chi connectivity index (χ4v) is 7.24. The molecule has 6 heteroatoms. The zero-order valence-corrected chi connectivity index (χ0v) is 17.9. The Labute approximate surface area is 165 Å². The van der Waals surface area contributed by atoms with Gasteiger partial charge in [0.15, 0.2) is 4.80 Å². The molecular formula is C21H32N2O3S. The summed E-state index contributed by atoms with van der Waals surface area (Å²) in [5.74, 6) is 1.35. The van der Waals surface area contributed by atoms with E-state index in [9.17, 15) is 4.79 Å². The lowest BCUT2D eigenvalue weighted by Crippen LogP contribution is -2.59. The highest BCUT2D eigenvalue weighted by molar-refractivity contribution is 7.09. The fourth-order valence-electron chi connectivity index (χ4n) is 6.24. The second-order valence-corrected chi connectivity index (χ2v) is 10.1. The molecule has 4 bridgehead atoms. The highest BCUT2D eigenvalue weighted by Crippen LogP contribution is 2.63. The Morgan fingerprint density at radius 3 is 2.59 bits per heavy atom. The highest BCUT2D eigenvalue weighted by atomic mass is 32.1. The molecule has 0 N–H and O–H groups in total.